The molecule has 1 aliphatic heterocycles. The third-order valence-corrected chi connectivity index (χ3v) is 7.21. The van der Waals surface area contributed by atoms with Gasteiger partial charge in [-0.15, -0.1) is 0 Å². The van der Waals surface area contributed by atoms with Crippen LogP contribution in [0.1, 0.15) is 46.2 Å². The van der Waals surface area contributed by atoms with Crippen LogP contribution in [0.15, 0.2) is 72.8 Å². The maximum absolute atomic E-state index is 2.67. The molecule has 0 bridgehead atoms. The average Bonchev–Trinajstić information content (AvgIpc) is 2.89. The molecule has 0 spiro atoms. The Hall–Kier alpha value is -2.46. The lowest BCUT2D eigenvalue weighted by atomic mass is 10.1. The lowest BCUT2D eigenvalue weighted by Gasteiger charge is -2.27. The van der Waals surface area contributed by atoms with Gasteiger partial charge in [-0.25, -0.2) is 0 Å². The second-order valence-electron chi connectivity index (χ2n) is 10.5. The van der Waals surface area contributed by atoms with Crippen LogP contribution in [0.5, 0.6) is 0 Å². The van der Waals surface area contributed by atoms with E-state index >= 15 is 0 Å². The van der Waals surface area contributed by atoms with Gasteiger partial charge in [0.25, 0.3) is 0 Å². The van der Waals surface area contributed by atoms with Gasteiger partial charge in [0.15, 0.2) is 0 Å². The van der Waals surface area contributed by atoms with Crippen molar-refractivity contribution < 1.29 is 0 Å². The Kier molecular flexibility index (Phi) is 9.53. The van der Waals surface area contributed by atoms with Crippen LogP contribution in [0.25, 0.3) is 0 Å². The summed E-state index contributed by atoms with van der Waals surface area (Å²) in [5.41, 5.74) is 8.28. The zero-order valence-corrected chi connectivity index (χ0v) is 22.0. The lowest BCUT2D eigenvalue weighted by Crippen LogP contribution is -2.35. The summed E-state index contributed by atoms with van der Waals surface area (Å²) in [6.07, 6.45) is 2.44. The zero-order valence-electron chi connectivity index (χ0n) is 22.0. The lowest BCUT2D eigenvalue weighted by molar-refractivity contribution is 0.194. The smallest absolute Gasteiger partial charge is 0.0234 e. The number of nitrogens with zero attached hydrogens (tertiary/aromatic N) is 3. The third kappa shape index (κ3) is 8.61. The molecule has 1 saturated heterocycles. The molecule has 0 N–H and O–H groups in total. The van der Waals surface area contributed by atoms with Gasteiger partial charge in [0.05, 0.1) is 0 Å². The van der Waals surface area contributed by atoms with Gasteiger partial charge < -0.3 is 0 Å². The van der Waals surface area contributed by atoms with E-state index in [0.717, 1.165) is 58.9 Å². The van der Waals surface area contributed by atoms with Crippen LogP contribution in [0.4, 0.5) is 0 Å². The number of aryl methyl sites for hydroxylation is 3. The second kappa shape index (κ2) is 13.0. The highest BCUT2D eigenvalue weighted by atomic mass is 15.2. The molecule has 0 unspecified atom stereocenters. The van der Waals surface area contributed by atoms with E-state index in [-0.39, 0.29) is 0 Å². The predicted octanol–water partition coefficient (Wildman–Crippen LogP) is 6.21. The van der Waals surface area contributed by atoms with E-state index in [1.54, 1.807) is 0 Å². The van der Waals surface area contributed by atoms with Crippen molar-refractivity contribution in [3.63, 3.8) is 0 Å². The van der Waals surface area contributed by atoms with Crippen molar-refractivity contribution in [1.29, 1.82) is 0 Å². The minimum absolute atomic E-state index is 1.04. The van der Waals surface area contributed by atoms with Crippen molar-refractivity contribution >= 4 is 0 Å². The summed E-state index contributed by atoms with van der Waals surface area (Å²) in [5.74, 6) is 0. The van der Waals surface area contributed by atoms with Crippen LogP contribution in [0.2, 0.25) is 0 Å². The van der Waals surface area contributed by atoms with Gasteiger partial charge in [-0.1, -0.05) is 89.5 Å². The van der Waals surface area contributed by atoms with Crippen molar-refractivity contribution in [2.75, 3.05) is 39.3 Å². The van der Waals surface area contributed by atoms with Gasteiger partial charge in [0, 0.05) is 32.7 Å². The largest absolute Gasteiger partial charge is 0.299 e. The minimum Gasteiger partial charge on any atom is -0.299 e. The zero-order chi connectivity index (χ0) is 24.5. The summed E-state index contributed by atoms with van der Waals surface area (Å²) in [4.78, 5) is 8.01. The van der Waals surface area contributed by atoms with Crippen LogP contribution in [0, 0.1) is 20.8 Å². The molecule has 0 aliphatic carbocycles. The Balaban J connectivity index is 1.44. The predicted molar refractivity (Wildman–Crippen MR) is 149 cm³/mol. The Morgan fingerprint density at radius 2 is 0.657 bits per heavy atom. The number of rotatable bonds is 6. The Morgan fingerprint density at radius 3 is 0.943 bits per heavy atom. The van der Waals surface area contributed by atoms with Crippen LogP contribution in [-0.2, 0) is 19.6 Å². The molecule has 3 heteroatoms. The quantitative estimate of drug-likeness (QED) is 0.425. The van der Waals surface area contributed by atoms with E-state index in [2.05, 4.69) is 108 Å². The molecule has 1 fully saturated rings. The average molecular weight is 470 g/mol. The van der Waals surface area contributed by atoms with Crippen molar-refractivity contribution in [3.8, 4) is 0 Å². The highest BCUT2D eigenvalue weighted by Crippen LogP contribution is 2.14. The summed E-state index contributed by atoms with van der Waals surface area (Å²) in [7, 11) is 0. The molecule has 0 amide bonds. The summed E-state index contributed by atoms with van der Waals surface area (Å²) in [5, 5.41) is 0. The van der Waals surface area contributed by atoms with E-state index in [1.165, 1.54) is 46.2 Å². The minimum atomic E-state index is 1.04. The van der Waals surface area contributed by atoms with Gasteiger partial charge >= 0.3 is 0 Å². The highest BCUT2D eigenvalue weighted by Gasteiger charge is 2.15. The fourth-order valence-corrected chi connectivity index (χ4v) is 4.98. The second-order valence-corrected chi connectivity index (χ2v) is 10.5. The summed E-state index contributed by atoms with van der Waals surface area (Å²) < 4.78 is 0. The van der Waals surface area contributed by atoms with E-state index in [9.17, 15) is 0 Å². The third-order valence-electron chi connectivity index (χ3n) is 7.21. The van der Waals surface area contributed by atoms with E-state index < -0.39 is 0 Å². The molecule has 186 valence electrons. The van der Waals surface area contributed by atoms with E-state index in [0.29, 0.717) is 0 Å². The van der Waals surface area contributed by atoms with E-state index in [1.807, 2.05) is 0 Å². The van der Waals surface area contributed by atoms with Crippen molar-refractivity contribution in [2.24, 2.45) is 0 Å². The molecule has 1 heterocycles. The van der Waals surface area contributed by atoms with Gasteiger partial charge in [-0.2, -0.15) is 0 Å². The first kappa shape index (κ1) is 25.6. The van der Waals surface area contributed by atoms with Gasteiger partial charge in [0.2, 0.25) is 0 Å². The standard InChI is InChI=1S/C32H43N3/c1-27-6-12-30(13-7-27)24-33-18-4-20-34(25-31-14-8-28(2)9-15-31)22-23-35(21-5-19-33)26-32-16-10-29(3)11-17-32/h6-17H,4-5,18-26H2,1-3H3. The molecule has 0 atom stereocenters. The summed E-state index contributed by atoms with van der Waals surface area (Å²) >= 11 is 0. The number of hydrogen-bond donors (Lipinski definition) is 0. The van der Waals surface area contributed by atoms with Crippen molar-refractivity contribution in [3.05, 3.63) is 106 Å². The molecule has 35 heavy (non-hydrogen) atoms. The molecule has 0 radical (unpaired) electrons. The van der Waals surface area contributed by atoms with Gasteiger partial charge in [-0.3, -0.25) is 14.7 Å². The molecule has 0 saturated carbocycles. The van der Waals surface area contributed by atoms with Crippen molar-refractivity contribution in [1.82, 2.24) is 14.7 Å². The first-order chi connectivity index (χ1) is 17.0. The van der Waals surface area contributed by atoms with Gasteiger partial charge in [-0.05, 0) is 76.5 Å². The van der Waals surface area contributed by atoms with Crippen LogP contribution < -0.4 is 0 Å². The fraction of sp³-hybridized carbons (Fsp3) is 0.438. The first-order valence-electron chi connectivity index (χ1n) is 13.4. The summed E-state index contributed by atoms with van der Waals surface area (Å²) in [6, 6.07) is 27.3. The molecule has 4 rings (SSSR count). The SMILES string of the molecule is Cc1ccc(CN2CCCN(Cc3ccc(C)cc3)CCN(Cc3ccc(C)cc3)CCC2)cc1. The van der Waals surface area contributed by atoms with Crippen LogP contribution >= 0.6 is 0 Å². The Labute approximate surface area is 213 Å². The van der Waals surface area contributed by atoms with Crippen LogP contribution in [-0.4, -0.2) is 54.0 Å². The normalized spacial score (nSPS) is 17.2. The molecule has 3 aromatic carbocycles. The maximum Gasteiger partial charge on any atom is 0.0234 e. The van der Waals surface area contributed by atoms with E-state index in [4.69, 9.17) is 0 Å². The molecule has 1 aliphatic rings. The van der Waals surface area contributed by atoms with Gasteiger partial charge in [0.1, 0.15) is 0 Å². The highest BCUT2D eigenvalue weighted by molar-refractivity contribution is 5.23. The number of benzene rings is 3. The molecule has 3 nitrogen and oxygen atoms in total. The molecular weight excluding hydrogens is 426 g/mol. The Bertz CT molecular complexity index is 947. The number of hydrogen-bond acceptors (Lipinski definition) is 3. The first-order valence-corrected chi connectivity index (χ1v) is 13.4. The maximum atomic E-state index is 2.67. The molecule has 3 aromatic rings. The monoisotopic (exact) mass is 469 g/mol. The van der Waals surface area contributed by atoms with Crippen LogP contribution in [0.3, 0.4) is 0 Å². The topological polar surface area (TPSA) is 9.72 Å². The summed E-state index contributed by atoms with van der Waals surface area (Å²) in [6.45, 7) is 16.5. The van der Waals surface area contributed by atoms with Crippen molar-refractivity contribution in [2.45, 2.75) is 53.2 Å². The fourth-order valence-electron chi connectivity index (χ4n) is 4.98. The Morgan fingerprint density at radius 1 is 0.400 bits per heavy atom. The molecule has 0 aromatic heterocycles. The molecular formula is C32H43N3.